The van der Waals surface area contributed by atoms with Gasteiger partial charge in [-0.3, -0.25) is 4.79 Å². The number of aryl methyl sites for hydroxylation is 1. The first-order valence-electron chi connectivity index (χ1n) is 8.52. The van der Waals surface area contributed by atoms with Crippen molar-refractivity contribution in [3.05, 3.63) is 59.4 Å². The van der Waals surface area contributed by atoms with Gasteiger partial charge in [-0.2, -0.15) is 0 Å². The number of carbonyl (C=O) groups excluding carboxylic acids is 1. The Morgan fingerprint density at radius 3 is 2.28 bits per heavy atom. The van der Waals surface area contributed by atoms with Gasteiger partial charge in [-0.1, -0.05) is 18.2 Å². The fourth-order valence-electron chi connectivity index (χ4n) is 2.40. The van der Waals surface area contributed by atoms with Crippen LogP contribution >= 0.6 is 0 Å². The molecule has 4 nitrogen and oxygen atoms in total. The minimum absolute atomic E-state index is 0.0452. The molecule has 0 aliphatic rings. The molecule has 0 fully saturated rings. The van der Waals surface area contributed by atoms with E-state index in [2.05, 4.69) is 5.32 Å². The van der Waals surface area contributed by atoms with E-state index in [4.69, 9.17) is 9.47 Å². The lowest BCUT2D eigenvalue weighted by Gasteiger charge is -2.13. The molecule has 0 saturated heterocycles. The lowest BCUT2D eigenvalue weighted by atomic mass is 10.1. The van der Waals surface area contributed by atoms with E-state index in [1.54, 1.807) is 12.1 Å². The molecular formula is C20H24FNO3. The van der Waals surface area contributed by atoms with Crippen LogP contribution in [0.25, 0.3) is 0 Å². The second-order valence-corrected chi connectivity index (χ2v) is 5.55. The van der Waals surface area contributed by atoms with E-state index < -0.39 is 0 Å². The minimum Gasteiger partial charge on any atom is -0.490 e. The molecule has 1 amide bonds. The van der Waals surface area contributed by atoms with E-state index in [0.29, 0.717) is 44.1 Å². The molecule has 2 rings (SSSR count). The minimum atomic E-state index is -0.270. The number of rotatable bonds is 9. The van der Waals surface area contributed by atoms with Crippen molar-refractivity contribution in [1.82, 2.24) is 5.32 Å². The van der Waals surface area contributed by atoms with E-state index >= 15 is 0 Å². The summed E-state index contributed by atoms with van der Waals surface area (Å²) in [5.74, 6) is 1.07. The van der Waals surface area contributed by atoms with E-state index in [1.807, 2.05) is 32.0 Å². The highest BCUT2D eigenvalue weighted by Gasteiger charge is 2.08. The zero-order chi connectivity index (χ0) is 18.1. The number of hydrogen-bond acceptors (Lipinski definition) is 3. The summed E-state index contributed by atoms with van der Waals surface area (Å²) in [6, 6.07) is 11.9. The molecule has 1 N–H and O–H groups in total. The highest BCUT2D eigenvalue weighted by atomic mass is 19.1. The van der Waals surface area contributed by atoms with Gasteiger partial charge in [0.2, 0.25) is 5.91 Å². The molecule has 0 saturated carbocycles. The summed E-state index contributed by atoms with van der Waals surface area (Å²) in [5.41, 5.74) is 1.89. The number of nitrogens with one attached hydrogen (secondary N) is 1. The molecule has 2 aromatic rings. The maximum atomic E-state index is 12.9. The molecule has 5 heteroatoms. The number of benzene rings is 2. The molecule has 0 heterocycles. The first-order valence-corrected chi connectivity index (χ1v) is 8.52. The SMILES string of the molecule is CCOc1ccc(CNC(=O)CCc2ccc(F)cc2)cc1OCC. The van der Waals surface area contributed by atoms with E-state index in [9.17, 15) is 9.18 Å². The summed E-state index contributed by atoms with van der Waals surface area (Å²) < 4.78 is 24.0. The summed E-state index contributed by atoms with van der Waals surface area (Å²) in [6.45, 7) is 5.38. The van der Waals surface area contributed by atoms with Gasteiger partial charge >= 0.3 is 0 Å². The molecule has 0 aliphatic heterocycles. The number of halogens is 1. The molecule has 0 spiro atoms. The average Bonchev–Trinajstić information content (AvgIpc) is 2.62. The molecule has 2 aromatic carbocycles. The quantitative estimate of drug-likeness (QED) is 0.750. The summed E-state index contributed by atoms with van der Waals surface area (Å²) in [7, 11) is 0. The van der Waals surface area contributed by atoms with Crippen LogP contribution in [0, 0.1) is 5.82 Å². The lowest BCUT2D eigenvalue weighted by Crippen LogP contribution is -2.23. The van der Waals surface area contributed by atoms with Crippen LogP contribution < -0.4 is 14.8 Å². The molecule has 0 radical (unpaired) electrons. The molecule has 25 heavy (non-hydrogen) atoms. The van der Waals surface area contributed by atoms with E-state index in [0.717, 1.165) is 11.1 Å². The van der Waals surface area contributed by atoms with Gasteiger partial charge in [0.15, 0.2) is 11.5 Å². The van der Waals surface area contributed by atoms with Crippen LogP contribution in [0.15, 0.2) is 42.5 Å². The maximum absolute atomic E-state index is 12.9. The Morgan fingerprint density at radius 1 is 0.960 bits per heavy atom. The van der Waals surface area contributed by atoms with Crippen LogP contribution in [-0.2, 0) is 17.8 Å². The Bertz CT molecular complexity index is 686. The Labute approximate surface area is 148 Å². The van der Waals surface area contributed by atoms with Gasteiger partial charge in [0.1, 0.15) is 5.82 Å². The Morgan fingerprint density at radius 2 is 1.60 bits per heavy atom. The van der Waals surface area contributed by atoms with Crippen LogP contribution in [0.3, 0.4) is 0 Å². The highest BCUT2D eigenvalue weighted by Crippen LogP contribution is 2.28. The summed E-state index contributed by atoms with van der Waals surface area (Å²) in [4.78, 5) is 12.0. The van der Waals surface area contributed by atoms with Gasteiger partial charge in [0, 0.05) is 13.0 Å². The third kappa shape index (κ3) is 6.10. The molecule has 0 aromatic heterocycles. The monoisotopic (exact) mass is 345 g/mol. The van der Waals surface area contributed by atoms with Crippen molar-refractivity contribution >= 4 is 5.91 Å². The lowest BCUT2D eigenvalue weighted by molar-refractivity contribution is -0.121. The van der Waals surface area contributed by atoms with Crippen molar-refractivity contribution in [3.8, 4) is 11.5 Å². The molecule has 134 valence electrons. The van der Waals surface area contributed by atoms with Gasteiger partial charge in [-0.25, -0.2) is 4.39 Å². The van der Waals surface area contributed by atoms with Crippen molar-refractivity contribution in [3.63, 3.8) is 0 Å². The summed E-state index contributed by atoms with van der Waals surface area (Å²) in [6.07, 6.45) is 0.945. The van der Waals surface area contributed by atoms with Crippen LogP contribution in [0.2, 0.25) is 0 Å². The predicted molar refractivity (Wildman–Crippen MR) is 95.3 cm³/mol. The van der Waals surface area contributed by atoms with Crippen molar-refractivity contribution < 1.29 is 18.7 Å². The number of amides is 1. The van der Waals surface area contributed by atoms with E-state index in [-0.39, 0.29) is 11.7 Å². The molecule has 0 unspecified atom stereocenters. The normalized spacial score (nSPS) is 10.4. The fourth-order valence-corrected chi connectivity index (χ4v) is 2.40. The van der Waals surface area contributed by atoms with Crippen LogP contribution in [0.5, 0.6) is 11.5 Å². The predicted octanol–water partition coefficient (Wildman–Crippen LogP) is 3.87. The van der Waals surface area contributed by atoms with Gasteiger partial charge < -0.3 is 14.8 Å². The van der Waals surface area contributed by atoms with Crippen LogP contribution in [0.4, 0.5) is 4.39 Å². The van der Waals surface area contributed by atoms with Crippen molar-refractivity contribution in [2.75, 3.05) is 13.2 Å². The van der Waals surface area contributed by atoms with Crippen molar-refractivity contribution in [2.24, 2.45) is 0 Å². The van der Waals surface area contributed by atoms with Gasteiger partial charge in [-0.05, 0) is 55.7 Å². The second kappa shape index (κ2) is 9.67. The number of ether oxygens (including phenoxy) is 2. The fraction of sp³-hybridized carbons (Fsp3) is 0.350. The molecular weight excluding hydrogens is 321 g/mol. The third-order valence-corrected chi connectivity index (χ3v) is 3.65. The highest BCUT2D eigenvalue weighted by molar-refractivity contribution is 5.76. The molecule has 0 atom stereocenters. The largest absolute Gasteiger partial charge is 0.490 e. The topological polar surface area (TPSA) is 47.6 Å². The first kappa shape index (κ1) is 18.8. The van der Waals surface area contributed by atoms with Crippen LogP contribution in [-0.4, -0.2) is 19.1 Å². The second-order valence-electron chi connectivity index (χ2n) is 5.55. The van der Waals surface area contributed by atoms with Gasteiger partial charge in [0.25, 0.3) is 0 Å². The van der Waals surface area contributed by atoms with Gasteiger partial charge in [-0.15, -0.1) is 0 Å². The average molecular weight is 345 g/mol. The molecule has 0 bridgehead atoms. The third-order valence-electron chi connectivity index (χ3n) is 3.65. The van der Waals surface area contributed by atoms with Gasteiger partial charge in [0.05, 0.1) is 13.2 Å². The zero-order valence-corrected chi connectivity index (χ0v) is 14.7. The smallest absolute Gasteiger partial charge is 0.220 e. The van der Waals surface area contributed by atoms with Crippen LogP contribution in [0.1, 0.15) is 31.4 Å². The molecule has 0 aliphatic carbocycles. The first-order chi connectivity index (χ1) is 12.1. The Kier molecular flexibility index (Phi) is 7.26. The zero-order valence-electron chi connectivity index (χ0n) is 14.7. The number of hydrogen-bond donors (Lipinski definition) is 1. The van der Waals surface area contributed by atoms with Crippen molar-refractivity contribution in [1.29, 1.82) is 0 Å². The standard InChI is InChI=1S/C20H24FNO3/c1-3-24-18-11-7-16(13-19(18)25-4-2)14-22-20(23)12-8-15-5-9-17(21)10-6-15/h5-7,9-11,13H,3-4,8,12,14H2,1-2H3,(H,22,23). The maximum Gasteiger partial charge on any atom is 0.220 e. The summed E-state index contributed by atoms with van der Waals surface area (Å²) in [5, 5.41) is 2.89. The van der Waals surface area contributed by atoms with Crippen molar-refractivity contribution in [2.45, 2.75) is 33.2 Å². The Hall–Kier alpha value is -2.56. The number of carbonyl (C=O) groups is 1. The van der Waals surface area contributed by atoms with E-state index in [1.165, 1.54) is 12.1 Å². The Balaban J connectivity index is 1.86. The summed E-state index contributed by atoms with van der Waals surface area (Å²) >= 11 is 0.